The summed E-state index contributed by atoms with van der Waals surface area (Å²) < 4.78 is 13.7. The van der Waals surface area contributed by atoms with Crippen molar-refractivity contribution in [3.8, 4) is 0 Å². The van der Waals surface area contributed by atoms with E-state index in [2.05, 4.69) is 5.32 Å². The molecule has 0 saturated carbocycles. The topological polar surface area (TPSA) is 58.4 Å². The van der Waals surface area contributed by atoms with E-state index in [9.17, 15) is 9.18 Å². The molecule has 0 aliphatic heterocycles. The summed E-state index contributed by atoms with van der Waals surface area (Å²) in [5, 5.41) is 2.59. The summed E-state index contributed by atoms with van der Waals surface area (Å²) in [6, 6.07) is 9.64. The molecule has 21 heavy (non-hydrogen) atoms. The van der Waals surface area contributed by atoms with Gasteiger partial charge in [0.05, 0.1) is 11.3 Å². The zero-order chi connectivity index (χ0) is 15.6. The van der Waals surface area contributed by atoms with E-state index < -0.39 is 11.7 Å². The molecule has 4 nitrogen and oxygen atoms in total. The molecule has 2 aromatic rings. The van der Waals surface area contributed by atoms with E-state index in [1.54, 1.807) is 35.2 Å². The van der Waals surface area contributed by atoms with Gasteiger partial charge in [-0.15, -0.1) is 0 Å². The Bertz CT molecular complexity index is 683. The number of carbonyl (C=O) groups is 1. The van der Waals surface area contributed by atoms with Crippen molar-refractivity contribution in [1.82, 2.24) is 0 Å². The third-order valence-corrected chi connectivity index (χ3v) is 3.12. The van der Waals surface area contributed by atoms with Crippen molar-refractivity contribution in [2.75, 3.05) is 30.0 Å². The number of hydrogen-bond acceptors (Lipinski definition) is 3. The Morgan fingerprint density at radius 1 is 1.19 bits per heavy atom. The van der Waals surface area contributed by atoms with Crippen LogP contribution in [0.25, 0.3) is 0 Å². The number of hydrogen-bond donors (Lipinski definition) is 2. The fourth-order valence-electron chi connectivity index (χ4n) is 2.05. The number of carbonyl (C=O) groups excluding carboxylic acids is 1. The minimum absolute atomic E-state index is 0.159. The van der Waals surface area contributed by atoms with Crippen molar-refractivity contribution in [2.24, 2.45) is 0 Å². The lowest BCUT2D eigenvalue weighted by atomic mass is 10.1. The Hall–Kier alpha value is -2.56. The van der Waals surface area contributed by atoms with Crippen LogP contribution in [0.5, 0.6) is 0 Å². The van der Waals surface area contributed by atoms with Gasteiger partial charge >= 0.3 is 0 Å². The van der Waals surface area contributed by atoms with E-state index >= 15 is 0 Å². The molecule has 0 spiro atoms. The van der Waals surface area contributed by atoms with Crippen LogP contribution in [0.3, 0.4) is 0 Å². The third kappa shape index (κ3) is 3.31. The first-order valence-corrected chi connectivity index (χ1v) is 6.53. The van der Waals surface area contributed by atoms with Crippen LogP contribution >= 0.6 is 0 Å². The summed E-state index contributed by atoms with van der Waals surface area (Å²) in [4.78, 5) is 14.2. The van der Waals surface area contributed by atoms with Crippen LogP contribution in [0.1, 0.15) is 15.9 Å². The van der Waals surface area contributed by atoms with Crippen LogP contribution in [0.2, 0.25) is 0 Å². The fraction of sp³-hybridized carbons (Fsp3) is 0.188. The zero-order valence-corrected chi connectivity index (χ0v) is 12.3. The number of benzene rings is 2. The van der Waals surface area contributed by atoms with Gasteiger partial charge in [0.15, 0.2) is 0 Å². The molecule has 2 aromatic carbocycles. The minimum atomic E-state index is -0.468. The number of halogens is 1. The second-order valence-electron chi connectivity index (χ2n) is 5.11. The van der Waals surface area contributed by atoms with Crippen LogP contribution in [0.15, 0.2) is 36.4 Å². The van der Waals surface area contributed by atoms with Gasteiger partial charge in [0.1, 0.15) is 5.82 Å². The van der Waals surface area contributed by atoms with E-state index in [0.717, 1.165) is 11.3 Å². The largest absolute Gasteiger partial charge is 0.399 e. The number of aryl methyl sites for hydroxylation is 1. The highest BCUT2D eigenvalue weighted by Crippen LogP contribution is 2.24. The molecule has 0 atom stereocenters. The van der Waals surface area contributed by atoms with Gasteiger partial charge in [0.2, 0.25) is 0 Å². The lowest BCUT2D eigenvalue weighted by molar-refractivity contribution is 0.102. The van der Waals surface area contributed by atoms with E-state index in [1.807, 2.05) is 21.0 Å². The second-order valence-corrected chi connectivity index (χ2v) is 5.11. The number of nitrogens with two attached hydrogens (primary N) is 1. The molecule has 0 aliphatic rings. The minimum Gasteiger partial charge on any atom is -0.399 e. The number of nitrogens with zero attached hydrogens (tertiary/aromatic N) is 1. The normalized spacial score (nSPS) is 10.3. The van der Waals surface area contributed by atoms with Crippen molar-refractivity contribution in [3.05, 3.63) is 53.3 Å². The molecule has 0 heterocycles. The van der Waals surface area contributed by atoms with Crippen molar-refractivity contribution in [1.29, 1.82) is 0 Å². The fourth-order valence-corrected chi connectivity index (χ4v) is 2.05. The Morgan fingerprint density at radius 2 is 1.90 bits per heavy atom. The van der Waals surface area contributed by atoms with E-state index in [0.29, 0.717) is 11.3 Å². The first-order chi connectivity index (χ1) is 9.88. The van der Waals surface area contributed by atoms with Gasteiger partial charge in [0, 0.05) is 25.5 Å². The van der Waals surface area contributed by atoms with Crippen molar-refractivity contribution >= 4 is 23.0 Å². The number of rotatable bonds is 3. The molecule has 0 aliphatic carbocycles. The van der Waals surface area contributed by atoms with Crippen molar-refractivity contribution < 1.29 is 9.18 Å². The molecule has 0 fully saturated rings. The number of anilines is 3. The number of amides is 1. The molecule has 0 radical (unpaired) electrons. The molecule has 0 saturated heterocycles. The molecule has 110 valence electrons. The number of nitrogen functional groups attached to an aromatic ring is 1. The van der Waals surface area contributed by atoms with Crippen LogP contribution in [-0.4, -0.2) is 20.0 Å². The summed E-state index contributed by atoms with van der Waals surface area (Å²) in [7, 11) is 3.66. The third-order valence-electron chi connectivity index (χ3n) is 3.12. The first kappa shape index (κ1) is 14.8. The second kappa shape index (κ2) is 5.83. The van der Waals surface area contributed by atoms with Gasteiger partial charge in [-0.3, -0.25) is 4.79 Å². The van der Waals surface area contributed by atoms with Crippen LogP contribution in [0, 0.1) is 12.7 Å². The molecule has 2 rings (SSSR count). The molecule has 3 N–H and O–H groups in total. The molecule has 0 aromatic heterocycles. The van der Waals surface area contributed by atoms with Crippen LogP contribution in [-0.2, 0) is 0 Å². The lowest BCUT2D eigenvalue weighted by Crippen LogP contribution is -2.19. The average molecular weight is 287 g/mol. The van der Waals surface area contributed by atoms with Gasteiger partial charge in [-0.2, -0.15) is 0 Å². The lowest BCUT2D eigenvalue weighted by Gasteiger charge is -2.18. The number of nitrogens with one attached hydrogen (secondary N) is 1. The van der Waals surface area contributed by atoms with Gasteiger partial charge in [-0.25, -0.2) is 4.39 Å². The van der Waals surface area contributed by atoms with Crippen molar-refractivity contribution in [3.63, 3.8) is 0 Å². The molecular weight excluding hydrogens is 269 g/mol. The summed E-state index contributed by atoms with van der Waals surface area (Å²) in [5.74, 6) is -0.861. The van der Waals surface area contributed by atoms with E-state index in [1.165, 1.54) is 6.07 Å². The van der Waals surface area contributed by atoms with Gasteiger partial charge < -0.3 is 16.0 Å². The molecule has 1 amide bonds. The predicted molar refractivity (Wildman–Crippen MR) is 84.3 cm³/mol. The highest BCUT2D eigenvalue weighted by molar-refractivity contribution is 6.08. The zero-order valence-electron chi connectivity index (χ0n) is 12.3. The highest BCUT2D eigenvalue weighted by Gasteiger charge is 2.15. The van der Waals surface area contributed by atoms with E-state index in [4.69, 9.17) is 5.73 Å². The monoisotopic (exact) mass is 287 g/mol. The van der Waals surface area contributed by atoms with Crippen molar-refractivity contribution in [2.45, 2.75) is 6.92 Å². The maximum absolute atomic E-state index is 13.7. The maximum atomic E-state index is 13.7. The SMILES string of the molecule is Cc1ccc(F)c(NC(=O)c2cc(N)ccc2N(C)C)c1. The summed E-state index contributed by atoms with van der Waals surface area (Å²) in [6.45, 7) is 1.83. The summed E-state index contributed by atoms with van der Waals surface area (Å²) in [5.41, 5.74) is 8.37. The van der Waals surface area contributed by atoms with Crippen LogP contribution in [0.4, 0.5) is 21.5 Å². The van der Waals surface area contributed by atoms with Gasteiger partial charge in [-0.1, -0.05) is 6.07 Å². The summed E-state index contributed by atoms with van der Waals surface area (Å²) >= 11 is 0. The highest BCUT2D eigenvalue weighted by atomic mass is 19.1. The molecule has 0 bridgehead atoms. The van der Waals surface area contributed by atoms with Gasteiger partial charge in [-0.05, 0) is 42.8 Å². The average Bonchev–Trinajstić information content (AvgIpc) is 2.42. The quantitative estimate of drug-likeness (QED) is 0.853. The molecule has 0 unspecified atom stereocenters. The Morgan fingerprint density at radius 3 is 2.57 bits per heavy atom. The maximum Gasteiger partial charge on any atom is 0.257 e. The van der Waals surface area contributed by atoms with E-state index in [-0.39, 0.29) is 5.69 Å². The summed E-state index contributed by atoms with van der Waals surface area (Å²) in [6.07, 6.45) is 0. The Labute approximate surface area is 123 Å². The Balaban J connectivity index is 2.36. The van der Waals surface area contributed by atoms with Gasteiger partial charge in [0.25, 0.3) is 5.91 Å². The Kier molecular flexibility index (Phi) is 4.12. The standard InChI is InChI=1S/C16H18FN3O/c1-10-4-6-13(17)14(8-10)19-16(21)12-9-11(18)5-7-15(12)20(2)3/h4-9H,18H2,1-3H3,(H,19,21). The first-order valence-electron chi connectivity index (χ1n) is 6.53. The van der Waals surface area contributed by atoms with Crippen LogP contribution < -0.4 is 16.0 Å². The molecular formula is C16H18FN3O. The molecule has 5 heteroatoms. The predicted octanol–water partition coefficient (Wildman–Crippen LogP) is 3.03. The smallest absolute Gasteiger partial charge is 0.257 e.